The van der Waals surface area contributed by atoms with Gasteiger partial charge in [-0.3, -0.25) is 10.1 Å². The minimum Gasteiger partial charge on any atom is -0.480 e. The van der Waals surface area contributed by atoms with E-state index in [1.165, 1.54) is 6.42 Å². The summed E-state index contributed by atoms with van der Waals surface area (Å²) in [5.74, 6) is -0.102. The van der Waals surface area contributed by atoms with Gasteiger partial charge in [0.05, 0.1) is 11.0 Å². The lowest BCUT2D eigenvalue weighted by Crippen LogP contribution is -2.54. The Kier molecular flexibility index (Phi) is 3.23. The SMILES string of the molecule is COC1CCCCC12NC(C(=O)O)CS2. The van der Waals surface area contributed by atoms with Crippen LogP contribution in [-0.2, 0) is 9.53 Å². The van der Waals surface area contributed by atoms with Crippen molar-refractivity contribution in [1.29, 1.82) is 0 Å². The monoisotopic (exact) mass is 231 g/mol. The number of ether oxygens (including phenoxy) is 1. The molecule has 3 unspecified atom stereocenters. The standard InChI is InChI=1S/C10H17NO3S/c1-14-8-4-2-3-5-10(8)11-7(6-15-10)9(12)13/h7-8,11H,2-6H2,1H3,(H,12,13). The van der Waals surface area contributed by atoms with Gasteiger partial charge in [-0.2, -0.15) is 0 Å². The van der Waals surface area contributed by atoms with Crippen LogP contribution in [0, 0.1) is 0 Å². The zero-order chi connectivity index (χ0) is 10.9. The van der Waals surface area contributed by atoms with Crippen LogP contribution in [0.5, 0.6) is 0 Å². The molecule has 1 aliphatic heterocycles. The molecule has 5 heteroatoms. The first-order chi connectivity index (χ1) is 7.18. The number of nitrogens with one attached hydrogen (secondary N) is 1. The summed E-state index contributed by atoms with van der Waals surface area (Å²) in [7, 11) is 1.72. The second kappa shape index (κ2) is 4.31. The van der Waals surface area contributed by atoms with E-state index in [1.807, 2.05) is 0 Å². The molecule has 0 aromatic rings. The molecule has 86 valence electrons. The molecule has 1 saturated heterocycles. The summed E-state index contributed by atoms with van der Waals surface area (Å²) in [5.41, 5.74) is 0. The number of rotatable bonds is 2. The fraction of sp³-hybridized carbons (Fsp3) is 0.900. The minimum atomic E-state index is -0.750. The number of methoxy groups -OCH3 is 1. The molecule has 2 fully saturated rings. The average Bonchev–Trinajstić information content (AvgIpc) is 2.64. The molecular formula is C10H17NO3S. The van der Waals surface area contributed by atoms with Gasteiger partial charge in [-0.15, -0.1) is 11.8 Å². The number of aliphatic carboxylic acids is 1. The average molecular weight is 231 g/mol. The molecule has 4 nitrogen and oxygen atoms in total. The zero-order valence-electron chi connectivity index (χ0n) is 8.86. The summed E-state index contributed by atoms with van der Waals surface area (Å²) in [6, 6.07) is -0.411. The number of thioether (sulfide) groups is 1. The van der Waals surface area contributed by atoms with Crippen LogP contribution in [0.1, 0.15) is 25.7 Å². The Morgan fingerprint density at radius 3 is 3.00 bits per heavy atom. The van der Waals surface area contributed by atoms with Crippen molar-refractivity contribution in [2.75, 3.05) is 12.9 Å². The van der Waals surface area contributed by atoms with Crippen molar-refractivity contribution in [2.24, 2.45) is 0 Å². The molecule has 1 heterocycles. The Hall–Kier alpha value is -0.260. The predicted molar refractivity (Wildman–Crippen MR) is 59.0 cm³/mol. The largest absolute Gasteiger partial charge is 0.480 e. The van der Waals surface area contributed by atoms with E-state index in [0.717, 1.165) is 19.3 Å². The van der Waals surface area contributed by atoms with E-state index >= 15 is 0 Å². The molecule has 2 rings (SSSR count). The molecule has 3 atom stereocenters. The molecule has 1 spiro atoms. The van der Waals surface area contributed by atoms with Crippen LogP contribution in [-0.4, -0.2) is 41.0 Å². The molecule has 0 amide bonds. The number of carboxylic acids is 1. The topological polar surface area (TPSA) is 58.6 Å². The number of carbonyl (C=O) groups is 1. The van der Waals surface area contributed by atoms with E-state index in [-0.39, 0.29) is 11.0 Å². The minimum absolute atomic E-state index is 0.143. The van der Waals surface area contributed by atoms with Gasteiger partial charge in [-0.25, -0.2) is 0 Å². The smallest absolute Gasteiger partial charge is 0.321 e. The first-order valence-electron chi connectivity index (χ1n) is 5.35. The van der Waals surface area contributed by atoms with E-state index in [2.05, 4.69) is 5.32 Å². The first kappa shape index (κ1) is 11.2. The third-order valence-corrected chi connectivity index (χ3v) is 4.89. The molecule has 15 heavy (non-hydrogen) atoms. The van der Waals surface area contributed by atoms with Gasteiger partial charge in [0, 0.05) is 12.9 Å². The highest BCUT2D eigenvalue weighted by atomic mass is 32.2. The molecular weight excluding hydrogens is 214 g/mol. The third-order valence-electron chi connectivity index (χ3n) is 3.29. The van der Waals surface area contributed by atoms with Crippen LogP contribution in [0.15, 0.2) is 0 Å². The van der Waals surface area contributed by atoms with Gasteiger partial charge in [-0.05, 0) is 12.8 Å². The molecule has 1 saturated carbocycles. The van der Waals surface area contributed by atoms with Gasteiger partial charge >= 0.3 is 5.97 Å². The lowest BCUT2D eigenvalue weighted by Gasteiger charge is -2.40. The van der Waals surface area contributed by atoms with Gasteiger partial charge in [0.25, 0.3) is 0 Å². The molecule has 2 N–H and O–H groups in total. The summed E-state index contributed by atoms with van der Waals surface area (Å²) in [6.45, 7) is 0. The Morgan fingerprint density at radius 2 is 2.40 bits per heavy atom. The van der Waals surface area contributed by atoms with E-state index in [9.17, 15) is 4.79 Å². The van der Waals surface area contributed by atoms with Crippen molar-refractivity contribution in [3.8, 4) is 0 Å². The van der Waals surface area contributed by atoms with Gasteiger partial charge in [-0.1, -0.05) is 12.8 Å². The predicted octanol–water partition coefficient (Wildman–Crippen LogP) is 1.06. The van der Waals surface area contributed by atoms with Crippen LogP contribution in [0.2, 0.25) is 0 Å². The molecule has 1 aliphatic carbocycles. The van der Waals surface area contributed by atoms with E-state index in [0.29, 0.717) is 5.75 Å². The fourth-order valence-corrected chi connectivity index (χ4v) is 4.10. The van der Waals surface area contributed by atoms with Crippen LogP contribution in [0.25, 0.3) is 0 Å². The van der Waals surface area contributed by atoms with E-state index < -0.39 is 12.0 Å². The molecule has 0 aromatic heterocycles. The first-order valence-corrected chi connectivity index (χ1v) is 6.34. The van der Waals surface area contributed by atoms with Gasteiger partial charge in [0.15, 0.2) is 0 Å². The summed E-state index contributed by atoms with van der Waals surface area (Å²) >= 11 is 1.72. The summed E-state index contributed by atoms with van der Waals surface area (Å²) in [6.07, 6.45) is 4.54. The normalized spacial score (nSPS) is 40.9. The Bertz CT molecular complexity index is 261. The van der Waals surface area contributed by atoms with Crippen LogP contribution in [0.4, 0.5) is 0 Å². The maximum absolute atomic E-state index is 10.9. The van der Waals surface area contributed by atoms with Crippen molar-refractivity contribution < 1.29 is 14.6 Å². The third kappa shape index (κ3) is 2.00. The van der Waals surface area contributed by atoms with Crippen LogP contribution < -0.4 is 5.32 Å². The quantitative estimate of drug-likeness (QED) is 0.744. The van der Waals surface area contributed by atoms with Gasteiger partial charge in [0.1, 0.15) is 6.04 Å². The van der Waals surface area contributed by atoms with Crippen LogP contribution >= 0.6 is 11.8 Å². The van der Waals surface area contributed by atoms with Crippen molar-refractivity contribution in [2.45, 2.75) is 42.7 Å². The van der Waals surface area contributed by atoms with Crippen molar-refractivity contribution >= 4 is 17.7 Å². The van der Waals surface area contributed by atoms with Gasteiger partial charge in [0.2, 0.25) is 0 Å². The van der Waals surface area contributed by atoms with Gasteiger partial charge < -0.3 is 9.84 Å². The maximum Gasteiger partial charge on any atom is 0.321 e. The summed E-state index contributed by atoms with van der Waals surface area (Å²) < 4.78 is 5.48. The molecule has 0 bridgehead atoms. The lowest BCUT2D eigenvalue weighted by molar-refractivity contribution is -0.139. The van der Waals surface area contributed by atoms with E-state index in [4.69, 9.17) is 9.84 Å². The Labute approximate surface area is 93.8 Å². The highest BCUT2D eigenvalue weighted by Gasteiger charge is 2.48. The lowest BCUT2D eigenvalue weighted by atomic mass is 9.91. The maximum atomic E-state index is 10.9. The molecule has 0 radical (unpaired) electrons. The highest BCUT2D eigenvalue weighted by molar-refractivity contribution is 8.01. The number of hydrogen-bond acceptors (Lipinski definition) is 4. The molecule has 0 aromatic carbocycles. The number of hydrogen-bond donors (Lipinski definition) is 2. The molecule has 2 aliphatic rings. The van der Waals surface area contributed by atoms with Crippen molar-refractivity contribution in [3.05, 3.63) is 0 Å². The van der Waals surface area contributed by atoms with Crippen molar-refractivity contribution in [1.82, 2.24) is 5.32 Å². The Balaban J connectivity index is 2.09. The van der Waals surface area contributed by atoms with E-state index in [1.54, 1.807) is 18.9 Å². The number of carboxylic acid groups (broad SMARTS) is 1. The zero-order valence-corrected chi connectivity index (χ0v) is 9.68. The second-order valence-corrected chi connectivity index (χ2v) is 5.56. The second-order valence-electron chi connectivity index (χ2n) is 4.21. The van der Waals surface area contributed by atoms with Crippen LogP contribution in [0.3, 0.4) is 0 Å². The Morgan fingerprint density at radius 1 is 1.60 bits per heavy atom. The van der Waals surface area contributed by atoms with Crippen molar-refractivity contribution in [3.63, 3.8) is 0 Å². The summed E-state index contributed by atoms with van der Waals surface area (Å²) in [5, 5.41) is 12.2. The highest BCUT2D eigenvalue weighted by Crippen LogP contribution is 2.43. The fourth-order valence-electron chi connectivity index (χ4n) is 2.49. The summed E-state index contributed by atoms with van der Waals surface area (Å²) in [4.78, 5) is 10.8.